The molecule has 0 fully saturated rings. The van der Waals surface area contributed by atoms with Gasteiger partial charge in [-0.25, -0.2) is 0 Å². The lowest BCUT2D eigenvalue weighted by atomic mass is 10.1. The van der Waals surface area contributed by atoms with Crippen LogP contribution >= 0.6 is 11.3 Å². The molecule has 2 aromatic heterocycles. The predicted molar refractivity (Wildman–Crippen MR) is 64.9 cm³/mol. The Bertz CT molecular complexity index is 673. The van der Waals surface area contributed by atoms with Gasteiger partial charge in [0.2, 0.25) is 4.96 Å². The second-order valence-corrected chi connectivity index (χ2v) is 4.66. The first kappa shape index (κ1) is 10.0. The molecular weight excluding hydrogens is 238 g/mol. The quantitative estimate of drug-likeness (QED) is 0.502. The van der Waals surface area contributed by atoms with Gasteiger partial charge in [-0.15, -0.1) is 10.2 Å². The Hall–Kier alpha value is -2.15. The van der Waals surface area contributed by atoms with Crippen LogP contribution in [0.15, 0.2) is 18.5 Å². The number of aromatic nitrogens is 4. The number of rotatable bonds is 1. The maximum atomic E-state index is 10.0. The van der Waals surface area contributed by atoms with E-state index in [1.807, 2.05) is 0 Å². The van der Waals surface area contributed by atoms with E-state index in [0.29, 0.717) is 21.2 Å². The van der Waals surface area contributed by atoms with Gasteiger partial charge in [-0.3, -0.25) is 0 Å². The number of nitrogen functional groups attached to an aromatic ring is 1. The highest BCUT2D eigenvalue weighted by Crippen LogP contribution is 2.35. The van der Waals surface area contributed by atoms with Crippen molar-refractivity contribution in [3.8, 4) is 16.3 Å². The first-order chi connectivity index (χ1) is 8.15. The van der Waals surface area contributed by atoms with Crippen molar-refractivity contribution < 1.29 is 5.11 Å². The highest BCUT2D eigenvalue weighted by atomic mass is 32.1. The number of hydrogen-bond donors (Lipinski definition) is 2. The second kappa shape index (κ2) is 3.42. The van der Waals surface area contributed by atoms with Gasteiger partial charge in [0.1, 0.15) is 12.1 Å². The van der Waals surface area contributed by atoms with Crippen molar-refractivity contribution in [1.29, 1.82) is 0 Å². The number of hydrogen-bond acceptors (Lipinski definition) is 6. The molecule has 7 heteroatoms. The highest BCUT2D eigenvalue weighted by Gasteiger charge is 2.13. The van der Waals surface area contributed by atoms with Crippen molar-refractivity contribution in [2.75, 3.05) is 5.73 Å². The van der Waals surface area contributed by atoms with Gasteiger partial charge in [0.25, 0.3) is 0 Å². The van der Waals surface area contributed by atoms with Gasteiger partial charge in [0.15, 0.2) is 5.01 Å². The van der Waals surface area contributed by atoms with Crippen LogP contribution in [0.5, 0.6) is 5.75 Å². The van der Waals surface area contributed by atoms with Gasteiger partial charge in [0.05, 0.1) is 5.56 Å². The minimum absolute atomic E-state index is 0.198. The zero-order valence-corrected chi connectivity index (χ0v) is 9.77. The van der Waals surface area contributed by atoms with Gasteiger partial charge < -0.3 is 10.8 Å². The average molecular weight is 247 g/mol. The number of anilines is 1. The second-order valence-electron chi connectivity index (χ2n) is 3.70. The number of aryl methyl sites for hydroxylation is 1. The predicted octanol–water partition coefficient (Wildman–Crippen LogP) is 1.45. The summed E-state index contributed by atoms with van der Waals surface area (Å²) in [5.74, 6) is 0.198. The van der Waals surface area contributed by atoms with Crippen LogP contribution < -0.4 is 5.73 Å². The molecule has 3 aromatic rings. The molecule has 0 bridgehead atoms. The summed E-state index contributed by atoms with van der Waals surface area (Å²) in [6.07, 6.45) is 1.52. The van der Waals surface area contributed by atoms with E-state index in [1.165, 1.54) is 17.7 Å². The van der Waals surface area contributed by atoms with Crippen LogP contribution in [0.25, 0.3) is 15.5 Å². The Kier molecular flexibility index (Phi) is 2.02. The van der Waals surface area contributed by atoms with Crippen molar-refractivity contribution in [3.05, 3.63) is 24.0 Å². The van der Waals surface area contributed by atoms with Crippen LogP contribution in [0.2, 0.25) is 0 Å². The molecule has 0 atom stereocenters. The van der Waals surface area contributed by atoms with E-state index < -0.39 is 0 Å². The number of nitrogens with two attached hydrogens (primary N) is 1. The molecule has 0 saturated heterocycles. The average Bonchev–Trinajstić information content (AvgIpc) is 2.83. The van der Waals surface area contributed by atoms with Gasteiger partial charge >= 0.3 is 0 Å². The van der Waals surface area contributed by atoms with Gasteiger partial charge in [-0.05, 0) is 24.6 Å². The fourth-order valence-electron chi connectivity index (χ4n) is 1.64. The highest BCUT2D eigenvalue weighted by molar-refractivity contribution is 7.19. The topological polar surface area (TPSA) is 89.3 Å². The van der Waals surface area contributed by atoms with Crippen LogP contribution in [0.1, 0.15) is 5.56 Å². The monoisotopic (exact) mass is 247 g/mol. The summed E-state index contributed by atoms with van der Waals surface area (Å²) in [5.41, 5.74) is 7.72. The third-order valence-corrected chi connectivity index (χ3v) is 3.39. The van der Waals surface area contributed by atoms with E-state index >= 15 is 0 Å². The van der Waals surface area contributed by atoms with Crippen molar-refractivity contribution in [3.63, 3.8) is 0 Å². The Morgan fingerprint density at radius 2 is 2.24 bits per heavy atom. The SMILES string of the molecule is Cc1cc(N)cc(-c2nn3cnnc3s2)c1O. The molecule has 3 rings (SSSR count). The fraction of sp³-hybridized carbons (Fsp3) is 0.100. The Labute approximate surface area is 100 Å². The Morgan fingerprint density at radius 3 is 3.00 bits per heavy atom. The van der Waals surface area contributed by atoms with Crippen LogP contribution in [0, 0.1) is 6.92 Å². The maximum Gasteiger partial charge on any atom is 0.234 e. The largest absolute Gasteiger partial charge is 0.507 e. The molecule has 0 aliphatic heterocycles. The molecule has 0 radical (unpaired) electrons. The van der Waals surface area contributed by atoms with Crippen molar-refractivity contribution in [2.24, 2.45) is 0 Å². The third kappa shape index (κ3) is 1.51. The number of nitrogens with zero attached hydrogens (tertiary/aromatic N) is 4. The van der Waals surface area contributed by atoms with E-state index in [-0.39, 0.29) is 5.75 Å². The third-order valence-electron chi connectivity index (χ3n) is 2.44. The van der Waals surface area contributed by atoms with Gasteiger partial charge in [-0.1, -0.05) is 11.3 Å². The van der Waals surface area contributed by atoms with Gasteiger partial charge in [-0.2, -0.15) is 9.61 Å². The van der Waals surface area contributed by atoms with Crippen LogP contribution in [0.3, 0.4) is 0 Å². The molecule has 0 spiro atoms. The maximum absolute atomic E-state index is 10.0. The molecule has 3 N–H and O–H groups in total. The molecule has 0 amide bonds. The van der Waals surface area contributed by atoms with E-state index in [0.717, 1.165) is 5.56 Å². The fourth-order valence-corrected chi connectivity index (χ4v) is 2.48. The van der Waals surface area contributed by atoms with Crippen molar-refractivity contribution in [2.45, 2.75) is 6.92 Å². The molecular formula is C10H9N5OS. The standard InChI is InChI=1S/C10H9N5OS/c1-5-2-6(11)3-7(8(5)16)9-14-15-4-12-13-10(15)17-9/h2-4,16H,11H2,1H3. The van der Waals surface area contributed by atoms with Crippen LogP contribution in [0.4, 0.5) is 5.69 Å². The normalized spacial score (nSPS) is 11.1. The molecule has 17 heavy (non-hydrogen) atoms. The van der Waals surface area contributed by atoms with E-state index in [9.17, 15) is 5.11 Å². The molecule has 0 saturated carbocycles. The number of phenolic OH excluding ortho intramolecular Hbond substituents is 1. The lowest BCUT2D eigenvalue weighted by Crippen LogP contribution is -1.90. The van der Waals surface area contributed by atoms with Crippen molar-refractivity contribution >= 4 is 22.0 Å². The zero-order chi connectivity index (χ0) is 12.0. The Morgan fingerprint density at radius 1 is 1.41 bits per heavy atom. The minimum atomic E-state index is 0.198. The van der Waals surface area contributed by atoms with Crippen LogP contribution in [-0.4, -0.2) is 24.9 Å². The summed E-state index contributed by atoms with van der Waals surface area (Å²) in [7, 11) is 0. The molecule has 6 nitrogen and oxygen atoms in total. The first-order valence-electron chi connectivity index (χ1n) is 4.91. The number of benzene rings is 1. The van der Waals surface area contributed by atoms with E-state index in [1.54, 1.807) is 23.6 Å². The molecule has 2 heterocycles. The molecule has 86 valence electrons. The number of fused-ring (bicyclic) bond motifs is 1. The number of phenols is 1. The summed E-state index contributed by atoms with van der Waals surface area (Å²) in [6, 6.07) is 3.42. The summed E-state index contributed by atoms with van der Waals surface area (Å²) < 4.78 is 1.57. The lowest BCUT2D eigenvalue weighted by Gasteiger charge is -2.05. The first-order valence-corrected chi connectivity index (χ1v) is 5.73. The summed E-state index contributed by atoms with van der Waals surface area (Å²) >= 11 is 1.35. The van der Waals surface area contributed by atoms with Gasteiger partial charge in [0, 0.05) is 5.69 Å². The van der Waals surface area contributed by atoms with Crippen molar-refractivity contribution in [1.82, 2.24) is 19.8 Å². The molecule has 0 aliphatic rings. The minimum Gasteiger partial charge on any atom is -0.507 e. The molecule has 0 aliphatic carbocycles. The Balaban J connectivity index is 2.24. The summed E-state index contributed by atoms with van der Waals surface area (Å²) in [4.78, 5) is 0.680. The summed E-state index contributed by atoms with van der Waals surface area (Å²) in [6.45, 7) is 1.80. The number of aromatic hydroxyl groups is 1. The molecule has 1 aromatic carbocycles. The van der Waals surface area contributed by atoms with Crippen LogP contribution in [-0.2, 0) is 0 Å². The van der Waals surface area contributed by atoms with E-state index in [4.69, 9.17) is 5.73 Å². The zero-order valence-electron chi connectivity index (χ0n) is 8.95. The van der Waals surface area contributed by atoms with E-state index in [2.05, 4.69) is 15.3 Å². The lowest BCUT2D eigenvalue weighted by molar-refractivity contribution is 0.473. The molecule has 0 unspecified atom stereocenters. The summed E-state index contributed by atoms with van der Waals surface area (Å²) in [5, 5.41) is 22.6. The smallest absolute Gasteiger partial charge is 0.234 e.